The highest BCUT2D eigenvalue weighted by atomic mass is 32.2. The standard InChI is InChI=1S/C29H27F2N5O4S/c30-29(31)40-25-14-12-21(13-15-25)27-23(20-36(34-27)24-9-3-1-4-10-24)19-32-33-28(37)22-8-7-11-26(18-22)41(38,39)35-16-5-2-6-17-35/h1,3-4,7-15,18-20,29H,2,5-6,16-17H2,(H,33,37)/b32-19+. The zero-order valence-electron chi connectivity index (χ0n) is 21.9. The van der Waals surface area contributed by atoms with Crippen LogP contribution in [0.2, 0.25) is 0 Å². The number of aromatic nitrogens is 2. The number of rotatable bonds is 9. The zero-order valence-corrected chi connectivity index (χ0v) is 22.7. The molecule has 1 aliphatic heterocycles. The van der Waals surface area contributed by atoms with E-state index in [1.165, 1.54) is 46.9 Å². The van der Waals surface area contributed by atoms with E-state index in [-0.39, 0.29) is 16.2 Å². The van der Waals surface area contributed by atoms with E-state index in [1.54, 1.807) is 23.0 Å². The molecule has 0 saturated carbocycles. The molecule has 12 heteroatoms. The summed E-state index contributed by atoms with van der Waals surface area (Å²) in [5.74, 6) is -0.569. The number of carbonyl (C=O) groups excluding carboxylic acids is 1. The number of carbonyl (C=O) groups is 1. The molecule has 1 N–H and O–H groups in total. The fraction of sp³-hybridized carbons (Fsp3) is 0.207. The van der Waals surface area contributed by atoms with Crippen molar-refractivity contribution in [2.75, 3.05) is 13.1 Å². The van der Waals surface area contributed by atoms with Gasteiger partial charge in [-0.2, -0.15) is 23.3 Å². The maximum absolute atomic E-state index is 13.0. The molecular formula is C29H27F2N5O4S. The molecule has 0 atom stereocenters. The highest BCUT2D eigenvalue weighted by Crippen LogP contribution is 2.26. The fourth-order valence-corrected chi connectivity index (χ4v) is 6.05. The second-order valence-corrected chi connectivity index (χ2v) is 11.2. The molecule has 0 radical (unpaired) electrons. The number of hydrogen-bond donors (Lipinski definition) is 1. The van der Waals surface area contributed by atoms with E-state index >= 15 is 0 Å². The van der Waals surface area contributed by atoms with Crippen molar-refractivity contribution >= 4 is 22.1 Å². The molecular weight excluding hydrogens is 552 g/mol. The minimum atomic E-state index is -3.70. The summed E-state index contributed by atoms with van der Waals surface area (Å²) in [6.45, 7) is -2.01. The summed E-state index contributed by atoms with van der Waals surface area (Å²) in [4.78, 5) is 12.9. The number of hydrazone groups is 1. The fourth-order valence-electron chi connectivity index (χ4n) is 4.49. The van der Waals surface area contributed by atoms with E-state index in [9.17, 15) is 22.0 Å². The minimum Gasteiger partial charge on any atom is -0.435 e. The normalized spacial score (nSPS) is 14.4. The molecule has 1 aliphatic rings. The molecule has 2 heterocycles. The lowest BCUT2D eigenvalue weighted by atomic mass is 10.1. The topological polar surface area (TPSA) is 106 Å². The Kier molecular flexibility index (Phi) is 8.50. The van der Waals surface area contributed by atoms with Gasteiger partial charge >= 0.3 is 6.61 Å². The number of amides is 1. The van der Waals surface area contributed by atoms with Crippen LogP contribution >= 0.6 is 0 Å². The summed E-state index contributed by atoms with van der Waals surface area (Å²) < 4.78 is 58.7. The lowest BCUT2D eigenvalue weighted by molar-refractivity contribution is -0.0498. The van der Waals surface area contributed by atoms with E-state index in [1.807, 2.05) is 30.3 Å². The van der Waals surface area contributed by atoms with Crippen molar-refractivity contribution in [3.05, 3.63) is 96.2 Å². The number of nitrogens with zero attached hydrogens (tertiary/aromatic N) is 4. The van der Waals surface area contributed by atoms with Crippen molar-refractivity contribution < 1.29 is 26.7 Å². The molecule has 4 aromatic rings. The Hall–Kier alpha value is -4.42. The van der Waals surface area contributed by atoms with Gasteiger partial charge in [-0.3, -0.25) is 4.79 Å². The number of alkyl halides is 2. The Morgan fingerprint density at radius 3 is 2.41 bits per heavy atom. The van der Waals surface area contributed by atoms with Crippen LogP contribution in [0.1, 0.15) is 35.2 Å². The molecule has 9 nitrogen and oxygen atoms in total. The highest BCUT2D eigenvalue weighted by molar-refractivity contribution is 7.89. The number of hydrogen-bond acceptors (Lipinski definition) is 6. The summed E-state index contributed by atoms with van der Waals surface area (Å²) in [6.07, 6.45) is 5.75. The summed E-state index contributed by atoms with van der Waals surface area (Å²) in [6, 6.07) is 21.2. The first kappa shape index (κ1) is 28.1. The minimum absolute atomic E-state index is 0.0123. The number of sulfonamides is 1. The summed E-state index contributed by atoms with van der Waals surface area (Å²) in [5.41, 5.74) is 5.02. The number of ether oxygens (including phenoxy) is 1. The van der Waals surface area contributed by atoms with Gasteiger partial charge in [0.2, 0.25) is 10.0 Å². The van der Waals surface area contributed by atoms with Gasteiger partial charge in [-0.1, -0.05) is 30.7 Å². The van der Waals surface area contributed by atoms with Gasteiger partial charge in [0.15, 0.2) is 0 Å². The average molecular weight is 580 g/mol. The van der Waals surface area contributed by atoms with Crippen LogP contribution in [-0.2, 0) is 10.0 Å². The van der Waals surface area contributed by atoms with E-state index in [0.717, 1.165) is 24.9 Å². The third-order valence-electron chi connectivity index (χ3n) is 6.53. The van der Waals surface area contributed by atoms with E-state index in [0.29, 0.717) is 29.9 Å². The van der Waals surface area contributed by atoms with Crippen LogP contribution in [0.3, 0.4) is 0 Å². The first-order chi connectivity index (χ1) is 19.8. The second-order valence-electron chi connectivity index (χ2n) is 9.31. The van der Waals surface area contributed by atoms with Crippen LogP contribution in [0.15, 0.2) is 95.1 Å². The van der Waals surface area contributed by atoms with E-state index in [2.05, 4.69) is 20.4 Å². The number of piperidine rings is 1. The van der Waals surface area contributed by atoms with E-state index in [4.69, 9.17) is 0 Å². The molecule has 3 aromatic carbocycles. The van der Waals surface area contributed by atoms with Gasteiger partial charge in [-0.05, 0) is 67.4 Å². The van der Waals surface area contributed by atoms with Gasteiger partial charge in [-0.25, -0.2) is 18.5 Å². The predicted molar refractivity (Wildman–Crippen MR) is 150 cm³/mol. The summed E-state index contributed by atoms with van der Waals surface area (Å²) in [7, 11) is -3.70. The smallest absolute Gasteiger partial charge is 0.387 e. The molecule has 0 aliphatic carbocycles. The van der Waals surface area contributed by atoms with Crippen LogP contribution in [0.4, 0.5) is 8.78 Å². The van der Waals surface area contributed by atoms with Crippen molar-refractivity contribution in [3.8, 4) is 22.7 Å². The molecule has 1 saturated heterocycles. The first-order valence-corrected chi connectivity index (χ1v) is 14.4. The van der Waals surface area contributed by atoms with Gasteiger partial charge in [0.25, 0.3) is 5.91 Å². The molecule has 1 aromatic heterocycles. The molecule has 0 bridgehead atoms. The Morgan fingerprint density at radius 1 is 0.976 bits per heavy atom. The molecule has 41 heavy (non-hydrogen) atoms. The van der Waals surface area contributed by atoms with Crippen molar-refractivity contribution in [1.82, 2.24) is 19.5 Å². The van der Waals surface area contributed by atoms with Gasteiger partial charge in [0.1, 0.15) is 11.4 Å². The number of nitrogens with one attached hydrogen (secondary N) is 1. The van der Waals surface area contributed by atoms with E-state index < -0.39 is 22.5 Å². The third kappa shape index (κ3) is 6.67. The van der Waals surface area contributed by atoms with Crippen molar-refractivity contribution in [1.29, 1.82) is 0 Å². The monoisotopic (exact) mass is 579 g/mol. The molecule has 0 unspecified atom stereocenters. The lowest BCUT2D eigenvalue weighted by Crippen LogP contribution is -2.35. The van der Waals surface area contributed by atoms with Crippen LogP contribution in [0, 0.1) is 0 Å². The maximum Gasteiger partial charge on any atom is 0.387 e. The summed E-state index contributed by atoms with van der Waals surface area (Å²) in [5, 5.41) is 8.72. The van der Waals surface area contributed by atoms with Crippen LogP contribution < -0.4 is 10.2 Å². The average Bonchev–Trinajstić information content (AvgIpc) is 3.42. The predicted octanol–water partition coefficient (Wildman–Crippen LogP) is 5.08. The summed E-state index contributed by atoms with van der Waals surface area (Å²) >= 11 is 0. The molecule has 5 rings (SSSR count). The number of benzene rings is 3. The Labute approximate surface area is 236 Å². The quantitative estimate of drug-likeness (QED) is 0.220. The van der Waals surface area contributed by atoms with Crippen LogP contribution in [-0.4, -0.2) is 54.3 Å². The second kappa shape index (κ2) is 12.4. The Balaban J connectivity index is 1.37. The molecule has 1 fully saturated rings. The zero-order chi connectivity index (χ0) is 28.8. The van der Waals surface area contributed by atoms with Crippen molar-refractivity contribution in [2.24, 2.45) is 5.10 Å². The Bertz CT molecular complexity index is 1640. The number of para-hydroxylation sites is 1. The van der Waals surface area contributed by atoms with Crippen molar-refractivity contribution in [3.63, 3.8) is 0 Å². The number of halogens is 2. The van der Waals surface area contributed by atoms with Gasteiger partial charge in [-0.15, -0.1) is 0 Å². The third-order valence-corrected chi connectivity index (χ3v) is 8.43. The van der Waals surface area contributed by atoms with Crippen LogP contribution in [0.5, 0.6) is 5.75 Å². The largest absolute Gasteiger partial charge is 0.435 e. The maximum atomic E-state index is 13.0. The Morgan fingerprint density at radius 2 is 1.71 bits per heavy atom. The van der Waals surface area contributed by atoms with Crippen molar-refractivity contribution in [2.45, 2.75) is 30.8 Å². The van der Waals surface area contributed by atoms with Gasteiger partial charge in [0, 0.05) is 36.0 Å². The van der Waals surface area contributed by atoms with Gasteiger partial charge < -0.3 is 4.74 Å². The highest BCUT2D eigenvalue weighted by Gasteiger charge is 2.26. The molecule has 0 spiro atoms. The lowest BCUT2D eigenvalue weighted by Gasteiger charge is -2.25. The first-order valence-electron chi connectivity index (χ1n) is 13.0. The van der Waals surface area contributed by atoms with Crippen LogP contribution in [0.25, 0.3) is 16.9 Å². The SMILES string of the molecule is O=C(N/N=C/c1cn(-c2ccccc2)nc1-c1ccc(OC(F)F)cc1)c1cccc(S(=O)(=O)N2CCCCC2)c1. The van der Waals surface area contributed by atoms with Gasteiger partial charge in [0.05, 0.1) is 16.8 Å². The molecule has 212 valence electrons. The molecule has 1 amide bonds.